The van der Waals surface area contributed by atoms with E-state index in [4.69, 9.17) is 5.11 Å². The van der Waals surface area contributed by atoms with Crippen molar-refractivity contribution in [2.75, 3.05) is 0 Å². The molecule has 35 heavy (non-hydrogen) atoms. The summed E-state index contributed by atoms with van der Waals surface area (Å²) in [4.78, 5) is 41.4. The summed E-state index contributed by atoms with van der Waals surface area (Å²) in [5.74, 6) is -1.06. The van der Waals surface area contributed by atoms with Crippen LogP contribution in [-0.4, -0.2) is 21.8 Å². The van der Waals surface area contributed by atoms with Crippen molar-refractivity contribution in [2.45, 2.75) is 19.8 Å². The Morgan fingerprint density at radius 1 is 0.771 bits per heavy atom. The molecule has 4 aromatic carbocycles. The van der Waals surface area contributed by atoms with Crippen LogP contribution >= 0.6 is 0 Å². The first kappa shape index (κ1) is 22.3. The van der Waals surface area contributed by atoms with Gasteiger partial charge in [0.25, 0.3) is 0 Å². The van der Waals surface area contributed by atoms with Gasteiger partial charge in [-0.2, -0.15) is 0 Å². The van der Waals surface area contributed by atoms with Crippen LogP contribution in [0.3, 0.4) is 0 Å². The minimum absolute atomic E-state index is 0.0729. The summed E-state index contributed by atoms with van der Waals surface area (Å²) in [6.07, 6.45) is 1.13. The van der Waals surface area contributed by atoms with Gasteiger partial charge in [-0.15, -0.1) is 0 Å². The first-order chi connectivity index (χ1) is 16.9. The van der Waals surface area contributed by atoms with Gasteiger partial charge in [-0.3, -0.25) is 9.59 Å². The van der Waals surface area contributed by atoms with Gasteiger partial charge in [-0.25, -0.2) is 4.79 Å². The topological polar surface area (TPSA) is 87.2 Å². The van der Waals surface area contributed by atoms with Gasteiger partial charge in [-0.05, 0) is 72.9 Å². The van der Waals surface area contributed by atoms with Crippen molar-refractivity contribution < 1.29 is 14.7 Å². The highest BCUT2D eigenvalue weighted by molar-refractivity contribution is 6.12. The maximum atomic E-state index is 13.7. The van der Waals surface area contributed by atoms with Crippen LogP contribution in [0.4, 0.5) is 0 Å². The predicted molar refractivity (Wildman–Crippen MR) is 137 cm³/mol. The molecule has 5 rings (SSSR count). The van der Waals surface area contributed by atoms with E-state index in [0.717, 1.165) is 22.2 Å². The van der Waals surface area contributed by atoms with E-state index in [-0.39, 0.29) is 16.8 Å². The summed E-state index contributed by atoms with van der Waals surface area (Å²) in [5.41, 5.74) is 5.32. The number of hydrogen-bond acceptors (Lipinski definition) is 3. The first-order valence-corrected chi connectivity index (χ1v) is 11.4. The number of pyridine rings is 1. The Balaban J connectivity index is 1.63. The predicted octanol–water partition coefficient (Wildman–Crippen LogP) is 5.70. The van der Waals surface area contributed by atoms with Crippen LogP contribution in [0.25, 0.3) is 21.8 Å². The molecule has 0 aliphatic heterocycles. The maximum absolute atomic E-state index is 13.7. The number of aryl methyl sites for hydroxylation is 3. The third kappa shape index (κ3) is 4.24. The molecule has 5 heteroatoms. The molecule has 0 saturated carbocycles. The van der Waals surface area contributed by atoms with E-state index >= 15 is 0 Å². The number of H-pyrrole nitrogens is 1. The molecule has 2 N–H and O–H groups in total. The number of fused-ring (bicyclic) bond motifs is 2. The second-order valence-electron chi connectivity index (χ2n) is 8.70. The molecule has 5 aromatic rings. The van der Waals surface area contributed by atoms with E-state index in [1.807, 2.05) is 55.5 Å². The van der Waals surface area contributed by atoms with Gasteiger partial charge < -0.3 is 10.1 Å². The van der Waals surface area contributed by atoms with E-state index in [1.54, 1.807) is 36.4 Å². The molecule has 0 bridgehead atoms. The average Bonchev–Trinajstić information content (AvgIpc) is 2.87. The third-order valence-electron chi connectivity index (χ3n) is 6.45. The molecule has 0 atom stereocenters. The van der Waals surface area contributed by atoms with Crippen LogP contribution in [0.2, 0.25) is 0 Å². The normalized spacial score (nSPS) is 11.1. The van der Waals surface area contributed by atoms with Gasteiger partial charge in [0, 0.05) is 27.4 Å². The third-order valence-corrected chi connectivity index (χ3v) is 6.45. The summed E-state index contributed by atoms with van der Waals surface area (Å²) >= 11 is 0. The van der Waals surface area contributed by atoms with Crippen molar-refractivity contribution in [3.63, 3.8) is 0 Å². The largest absolute Gasteiger partial charge is 0.478 e. The SMILES string of the molecule is Cc1ccccc1C(=O)c1cc2[nH]c3ccccc3c(=O)c2cc1CCc1ccc(C(=O)O)cc1. The smallest absolute Gasteiger partial charge is 0.335 e. The number of aromatic carboxylic acids is 1. The van der Waals surface area contributed by atoms with Crippen LogP contribution in [0.1, 0.15) is 43.0 Å². The standard InChI is InChI=1S/C30H23NO4/c1-18-6-2-3-7-22(18)28(32)24-17-27-25(29(33)23-8-4-5-9-26(23)31-27)16-21(24)15-12-19-10-13-20(14-11-19)30(34)35/h2-11,13-14,16-17H,12,15H2,1H3,(H,31,33)(H,34,35). The van der Waals surface area contributed by atoms with Crippen molar-refractivity contribution in [1.29, 1.82) is 0 Å². The van der Waals surface area contributed by atoms with Crippen LogP contribution < -0.4 is 5.43 Å². The zero-order chi connectivity index (χ0) is 24.5. The van der Waals surface area contributed by atoms with E-state index < -0.39 is 5.97 Å². The van der Waals surface area contributed by atoms with Crippen molar-refractivity contribution in [1.82, 2.24) is 4.98 Å². The number of para-hydroxylation sites is 1. The fraction of sp³-hybridized carbons (Fsp3) is 0.100. The molecule has 0 amide bonds. The van der Waals surface area contributed by atoms with Crippen molar-refractivity contribution in [3.8, 4) is 0 Å². The fourth-order valence-corrected chi connectivity index (χ4v) is 4.50. The number of carboxylic acid groups (broad SMARTS) is 1. The number of carbonyl (C=O) groups excluding carboxylic acids is 1. The van der Waals surface area contributed by atoms with Crippen molar-refractivity contribution in [3.05, 3.63) is 129 Å². The van der Waals surface area contributed by atoms with Crippen molar-refractivity contribution in [2.24, 2.45) is 0 Å². The number of nitrogens with one attached hydrogen (secondary N) is 1. The molecule has 0 aliphatic rings. The molecular formula is C30H23NO4. The Morgan fingerprint density at radius 2 is 1.49 bits per heavy atom. The number of aromatic amines is 1. The van der Waals surface area contributed by atoms with Gasteiger partial charge in [0.2, 0.25) is 0 Å². The summed E-state index contributed by atoms with van der Waals surface area (Å²) in [6.45, 7) is 1.91. The molecule has 0 aliphatic carbocycles. The Labute approximate surface area is 201 Å². The Morgan fingerprint density at radius 3 is 2.23 bits per heavy atom. The number of ketones is 1. The fourth-order valence-electron chi connectivity index (χ4n) is 4.50. The molecule has 0 radical (unpaired) electrons. The number of aromatic nitrogens is 1. The summed E-state index contributed by atoms with van der Waals surface area (Å²) in [7, 11) is 0. The number of rotatable bonds is 6. The number of carboxylic acids is 1. The highest BCUT2D eigenvalue weighted by atomic mass is 16.4. The van der Waals surface area contributed by atoms with Gasteiger partial charge in [-0.1, -0.05) is 48.5 Å². The Bertz CT molecular complexity index is 1660. The summed E-state index contributed by atoms with van der Waals surface area (Å²) in [5, 5.41) is 10.3. The average molecular weight is 462 g/mol. The van der Waals surface area contributed by atoms with Gasteiger partial charge in [0.15, 0.2) is 11.2 Å². The van der Waals surface area contributed by atoms with Gasteiger partial charge in [0.1, 0.15) is 0 Å². The highest BCUT2D eigenvalue weighted by Crippen LogP contribution is 2.25. The van der Waals surface area contributed by atoms with Crippen LogP contribution in [0, 0.1) is 6.92 Å². The van der Waals surface area contributed by atoms with Gasteiger partial charge in [0.05, 0.1) is 11.1 Å². The Hall–Kier alpha value is -4.51. The zero-order valence-corrected chi connectivity index (χ0v) is 19.2. The van der Waals surface area contributed by atoms with Gasteiger partial charge >= 0.3 is 5.97 Å². The summed E-state index contributed by atoms with van der Waals surface area (Å²) < 4.78 is 0. The highest BCUT2D eigenvalue weighted by Gasteiger charge is 2.18. The van der Waals surface area contributed by atoms with E-state index in [9.17, 15) is 14.4 Å². The zero-order valence-electron chi connectivity index (χ0n) is 19.2. The van der Waals surface area contributed by atoms with Crippen molar-refractivity contribution >= 4 is 33.6 Å². The second-order valence-corrected chi connectivity index (χ2v) is 8.70. The molecular weight excluding hydrogens is 438 g/mol. The molecule has 0 saturated heterocycles. The molecule has 5 nitrogen and oxygen atoms in total. The van der Waals surface area contributed by atoms with Crippen LogP contribution in [-0.2, 0) is 12.8 Å². The minimum Gasteiger partial charge on any atom is -0.478 e. The quantitative estimate of drug-likeness (QED) is 0.251. The molecule has 1 aromatic heterocycles. The van der Waals surface area contributed by atoms with E-state index in [0.29, 0.717) is 40.3 Å². The first-order valence-electron chi connectivity index (χ1n) is 11.4. The lowest BCUT2D eigenvalue weighted by Gasteiger charge is -2.13. The van der Waals surface area contributed by atoms with E-state index in [2.05, 4.69) is 4.98 Å². The lowest BCUT2D eigenvalue weighted by atomic mass is 9.91. The van der Waals surface area contributed by atoms with Crippen LogP contribution in [0.15, 0.2) is 89.7 Å². The molecule has 172 valence electrons. The maximum Gasteiger partial charge on any atom is 0.335 e. The number of benzene rings is 4. The number of carbonyl (C=O) groups is 2. The second kappa shape index (κ2) is 9.03. The molecule has 0 unspecified atom stereocenters. The molecule has 1 heterocycles. The monoisotopic (exact) mass is 461 g/mol. The molecule has 0 fully saturated rings. The number of hydrogen-bond donors (Lipinski definition) is 2. The van der Waals surface area contributed by atoms with E-state index in [1.165, 1.54) is 0 Å². The van der Waals surface area contributed by atoms with Crippen LogP contribution in [0.5, 0.6) is 0 Å². The minimum atomic E-state index is -0.969. The molecule has 0 spiro atoms. The lowest BCUT2D eigenvalue weighted by Crippen LogP contribution is -2.11. The lowest BCUT2D eigenvalue weighted by molar-refractivity contribution is 0.0696. The summed E-state index contributed by atoms with van der Waals surface area (Å²) in [6, 6.07) is 25.2. The Kier molecular flexibility index (Phi) is 5.75.